The summed E-state index contributed by atoms with van der Waals surface area (Å²) in [6.45, 7) is 5.77. The largest absolute Gasteiger partial charge is 0.459 e. The number of ketones is 1. The van der Waals surface area contributed by atoms with Gasteiger partial charge >= 0.3 is 11.6 Å². The molecule has 1 aliphatic heterocycles. The van der Waals surface area contributed by atoms with E-state index in [1.807, 2.05) is 0 Å². The fourth-order valence-corrected chi connectivity index (χ4v) is 8.87. The van der Waals surface area contributed by atoms with E-state index in [2.05, 4.69) is 13.8 Å². The molecule has 1 aromatic heterocycles. The molecule has 5 aliphatic rings. The van der Waals surface area contributed by atoms with Crippen LogP contribution in [0.3, 0.4) is 0 Å². The Bertz CT molecular complexity index is 1060. The predicted molar refractivity (Wildman–Crippen MR) is 116 cm³/mol. The summed E-state index contributed by atoms with van der Waals surface area (Å²) in [6, 6.07) is 3.10. The smallest absolute Gasteiger partial charge is 0.335 e. The number of esters is 1. The summed E-state index contributed by atoms with van der Waals surface area (Å²) in [5, 5.41) is 11.8. The van der Waals surface area contributed by atoms with Gasteiger partial charge < -0.3 is 19.0 Å². The lowest BCUT2D eigenvalue weighted by Crippen LogP contribution is -2.63. The van der Waals surface area contributed by atoms with E-state index in [0.717, 1.165) is 24.8 Å². The Labute approximate surface area is 192 Å². The van der Waals surface area contributed by atoms with Gasteiger partial charge in [-0.05, 0) is 60.5 Å². The van der Waals surface area contributed by atoms with Crippen molar-refractivity contribution < 1.29 is 28.6 Å². The van der Waals surface area contributed by atoms with E-state index in [-0.39, 0.29) is 35.2 Å². The van der Waals surface area contributed by atoms with E-state index in [4.69, 9.17) is 13.9 Å². The Morgan fingerprint density at radius 3 is 2.67 bits per heavy atom. The second kappa shape index (κ2) is 6.79. The van der Waals surface area contributed by atoms with Gasteiger partial charge in [0.15, 0.2) is 0 Å². The van der Waals surface area contributed by atoms with E-state index in [9.17, 15) is 19.5 Å². The number of Topliss-reactive ketones (excluding diaryl/α,β-unsaturated/α-hetero) is 1. The molecule has 1 spiro atoms. The summed E-state index contributed by atoms with van der Waals surface area (Å²) < 4.78 is 17.6. The zero-order valence-corrected chi connectivity index (χ0v) is 19.4. The van der Waals surface area contributed by atoms with Crippen LogP contribution in [0.5, 0.6) is 0 Å². The molecule has 0 amide bonds. The predicted octanol–water partition coefficient (Wildman–Crippen LogP) is 2.98. The third-order valence-electron chi connectivity index (χ3n) is 10.4. The van der Waals surface area contributed by atoms with Crippen molar-refractivity contribution in [1.82, 2.24) is 0 Å². The van der Waals surface area contributed by atoms with E-state index >= 15 is 0 Å². The lowest BCUT2D eigenvalue weighted by molar-refractivity contribution is -0.186. The number of carbonyl (C=O) groups is 2. The summed E-state index contributed by atoms with van der Waals surface area (Å²) >= 11 is 0. The highest BCUT2D eigenvalue weighted by Crippen LogP contribution is 2.78. The molecule has 7 nitrogen and oxygen atoms in total. The van der Waals surface area contributed by atoms with Crippen LogP contribution in [0.2, 0.25) is 0 Å². The summed E-state index contributed by atoms with van der Waals surface area (Å²) in [5.74, 6) is 0.473. The molecule has 0 bridgehead atoms. The van der Waals surface area contributed by atoms with Crippen molar-refractivity contribution in [3.05, 3.63) is 34.4 Å². The highest BCUT2D eigenvalue weighted by Gasteiger charge is 2.86. The molecule has 4 aliphatic carbocycles. The molecule has 7 heteroatoms. The molecule has 33 heavy (non-hydrogen) atoms. The van der Waals surface area contributed by atoms with Crippen LogP contribution < -0.4 is 5.63 Å². The second-order valence-electron chi connectivity index (χ2n) is 11.5. The maximum Gasteiger partial charge on any atom is 0.335 e. The van der Waals surface area contributed by atoms with Crippen LogP contribution in [-0.4, -0.2) is 40.8 Å². The number of carbonyl (C=O) groups excluding carboxylic acids is 2. The molecular formula is C26H32O7. The zero-order chi connectivity index (χ0) is 23.3. The Kier molecular flexibility index (Phi) is 4.43. The molecule has 2 heterocycles. The summed E-state index contributed by atoms with van der Waals surface area (Å²) in [5.41, 5.74) is -0.972. The van der Waals surface area contributed by atoms with E-state index < -0.39 is 28.8 Å². The van der Waals surface area contributed by atoms with Crippen molar-refractivity contribution in [3.63, 3.8) is 0 Å². The maximum atomic E-state index is 12.2. The van der Waals surface area contributed by atoms with Gasteiger partial charge in [0.1, 0.15) is 23.6 Å². The fourth-order valence-electron chi connectivity index (χ4n) is 8.87. The van der Waals surface area contributed by atoms with Crippen LogP contribution in [-0.2, 0) is 19.1 Å². The van der Waals surface area contributed by atoms with Gasteiger partial charge in [-0.25, -0.2) is 4.79 Å². The van der Waals surface area contributed by atoms with Gasteiger partial charge in [0.2, 0.25) is 0 Å². The van der Waals surface area contributed by atoms with Gasteiger partial charge in [-0.2, -0.15) is 0 Å². The van der Waals surface area contributed by atoms with Crippen LogP contribution in [0, 0.1) is 28.6 Å². The van der Waals surface area contributed by atoms with Crippen molar-refractivity contribution in [2.75, 3.05) is 0 Å². The van der Waals surface area contributed by atoms with Gasteiger partial charge in [-0.1, -0.05) is 13.8 Å². The molecule has 1 N–H and O–H groups in total. The van der Waals surface area contributed by atoms with Crippen molar-refractivity contribution in [1.29, 1.82) is 0 Å². The minimum Gasteiger partial charge on any atom is -0.459 e. The molecule has 0 aromatic carbocycles. The van der Waals surface area contributed by atoms with Gasteiger partial charge in [-0.15, -0.1) is 0 Å². The summed E-state index contributed by atoms with van der Waals surface area (Å²) in [6.07, 6.45) is 4.61. The highest BCUT2D eigenvalue weighted by molar-refractivity contribution is 5.79. The van der Waals surface area contributed by atoms with Gasteiger partial charge in [0.25, 0.3) is 0 Å². The van der Waals surface area contributed by atoms with Gasteiger partial charge in [-0.3, -0.25) is 9.59 Å². The van der Waals surface area contributed by atoms with Crippen LogP contribution >= 0.6 is 0 Å². The molecular weight excluding hydrogens is 424 g/mol. The minimum absolute atomic E-state index is 0.00105. The van der Waals surface area contributed by atoms with Crippen molar-refractivity contribution in [2.45, 2.75) is 89.1 Å². The second-order valence-corrected chi connectivity index (χ2v) is 11.5. The Balaban J connectivity index is 1.45. The van der Waals surface area contributed by atoms with Crippen LogP contribution in [0.15, 0.2) is 27.6 Å². The number of hydrogen-bond acceptors (Lipinski definition) is 7. The lowest BCUT2D eigenvalue weighted by atomic mass is 9.43. The van der Waals surface area contributed by atoms with Crippen LogP contribution in [0.1, 0.15) is 70.8 Å². The third kappa shape index (κ3) is 2.61. The average molecular weight is 457 g/mol. The Hall–Kier alpha value is -1.99. The molecule has 1 aromatic rings. The highest BCUT2D eigenvalue weighted by atomic mass is 16.7. The zero-order valence-electron chi connectivity index (χ0n) is 19.4. The summed E-state index contributed by atoms with van der Waals surface area (Å²) in [7, 11) is 0. The molecule has 5 fully saturated rings. The van der Waals surface area contributed by atoms with Crippen molar-refractivity contribution >= 4 is 11.8 Å². The molecule has 6 rings (SSSR count). The SMILES string of the molecule is CC(=O)O[C@H]1[C@H]2O[C@]23[C@@H]2CC[C@@H]4CC(=O)CC[C@]4(C)[C@H]2C[C@@H](O)[C@]3(C)[C@H]1c1ccc(=O)oc1. The number of aliphatic hydroxyl groups is 1. The first-order valence-corrected chi connectivity index (χ1v) is 12.3. The fraction of sp³-hybridized carbons (Fsp3) is 0.731. The quantitative estimate of drug-likeness (QED) is 0.539. The van der Waals surface area contributed by atoms with Crippen LogP contribution in [0.4, 0.5) is 0 Å². The average Bonchev–Trinajstić information content (AvgIpc) is 3.46. The maximum absolute atomic E-state index is 12.2. The van der Waals surface area contributed by atoms with Gasteiger partial charge in [0, 0.05) is 37.2 Å². The van der Waals surface area contributed by atoms with Crippen molar-refractivity contribution in [2.24, 2.45) is 28.6 Å². The van der Waals surface area contributed by atoms with Crippen molar-refractivity contribution in [3.8, 4) is 0 Å². The minimum atomic E-state index is -0.688. The number of ether oxygens (including phenoxy) is 2. The normalized spacial score (nSPS) is 49.9. The monoisotopic (exact) mass is 456 g/mol. The van der Waals surface area contributed by atoms with E-state index in [1.165, 1.54) is 19.3 Å². The van der Waals surface area contributed by atoms with E-state index in [0.29, 0.717) is 31.0 Å². The first-order chi connectivity index (χ1) is 15.6. The first kappa shape index (κ1) is 21.5. The van der Waals surface area contributed by atoms with E-state index in [1.54, 1.807) is 6.07 Å². The molecule has 1 saturated heterocycles. The molecule has 0 radical (unpaired) electrons. The number of rotatable bonds is 2. The van der Waals surface area contributed by atoms with Crippen LogP contribution in [0.25, 0.3) is 0 Å². The summed E-state index contributed by atoms with van der Waals surface area (Å²) in [4.78, 5) is 35.9. The molecule has 0 unspecified atom stereocenters. The third-order valence-corrected chi connectivity index (χ3v) is 10.4. The molecule has 10 atom stereocenters. The topological polar surface area (TPSA) is 106 Å². The standard InChI is InChI=1S/C26H32O7/c1-13(27)32-22-21(14-4-7-20(30)31-12-14)25(3)19(29)11-18-17(26(25)23(22)33-26)6-5-15-10-16(28)8-9-24(15,18)2/h4,7,12,15,17-19,21-23,29H,5-6,8-11H2,1-3H3/t15-,17-,18+,19-,21+,22-,23-,24+,25-,26-/m1/s1. The Morgan fingerprint density at radius 1 is 1.18 bits per heavy atom. The lowest BCUT2D eigenvalue weighted by Gasteiger charge is -2.61. The molecule has 178 valence electrons. The molecule has 4 saturated carbocycles. The number of epoxide rings is 1. The van der Waals surface area contributed by atoms with Gasteiger partial charge in [0.05, 0.1) is 12.4 Å². The number of fused-ring (bicyclic) bond motifs is 3. The first-order valence-electron chi connectivity index (χ1n) is 12.3. The number of hydrogen-bond donors (Lipinski definition) is 1. The Morgan fingerprint density at radius 2 is 1.97 bits per heavy atom. The number of aliphatic hydroxyl groups excluding tert-OH is 1.